The summed E-state index contributed by atoms with van der Waals surface area (Å²) in [5.41, 5.74) is 3.89. The normalized spacial score (nSPS) is 14.8. The van der Waals surface area contributed by atoms with Crippen molar-refractivity contribution in [2.24, 2.45) is 0 Å². The number of aryl methyl sites for hydroxylation is 2. The highest BCUT2D eigenvalue weighted by Gasteiger charge is 2.18. The van der Waals surface area contributed by atoms with Crippen molar-refractivity contribution in [1.29, 1.82) is 0 Å². The molecule has 1 aromatic carbocycles. The maximum absolute atomic E-state index is 12.8. The van der Waals surface area contributed by atoms with E-state index in [1.807, 2.05) is 88.4 Å². The number of carboxylic acid groups (broad SMARTS) is 1. The van der Waals surface area contributed by atoms with Gasteiger partial charge in [-0.25, -0.2) is 0 Å². The Morgan fingerprint density at radius 2 is 1.97 bits per heavy atom. The third-order valence-electron chi connectivity index (χ3n) is 5.73. The molecular weight excluding hydrogens is 440 g/mol. The van der Waals surface area contributed by atoms with E-state index in [9.17, 15) is 9.59 Å². The van der Waals surface area contributed by atoms with Crippen LogP contribution in [0.4, 0.5) is 0 Å². The lowest BCUT2D eigenvalue weighted by molar-refractivity contribution is -0.137. The molecule has 0 bridgehead atoms. The Bertz CT molecular complexity index is 1020. The van der Waals surface area contributed by atoms with Gasteiger partial charge in [0.25, 0.3) is 0 Å². The Labute approximate surface area is 209 Å². The second-order valence-corrected chi connectivity index (χ2v) is 8.85. The molecule has 0 spiro atoms. The summed E-state index contributed by atoms with van der Waals surface area (Å²) in [5, 5.41) is 8.87. The lowest BCUT2D eigenvalue weighted by Crippen LogP contribution is -2.14. The predicted octanol–water partition coefficient (Wildman–Crippen LogP) is 6.83. The van der Waals surface area contributed by atoms with Crippen LogP contribution in [0.15, 0.2) is 77.6 Å². The molecule has 0 radical (unpaired) electrons. The average molecular weight is 479 g/mol. The number of carbonyl (C=O) groups is 2. The first-order valence-corrected chi connectivity index (χ1v) is 12.3. The molecule has 35 heavy (non-hydrogen) atoms. The predicted molar refractivity (Wildman–Crippen MR) is 141 cm³/mol. The highest BCUT2D eigenvalue weighted by molar-refractivity contribution is 6.00. The fraction of sp³-hybridized carbons (Fsp3) is 0.400. The van der Waals surface area contributed by atoms with E-state index in [0.717, 1.165) is 36.1 Å². The summed E-state index contributed by atoms with van der Waals surface area (Å²) in [4.78, 5) is 23.6. The Balaban J connectivity index is 1.86. The first-order valence-electron chi connectivity index (χ1n) is 12.3. The van der Waals surface area contributed by atoms with Gasteiger partial charge in [0.1, 0.15) is 11.5 Å². The minimum atomic E-state index is -0.792. The first-order chi connectivity index (χ1) is 16.8. The lowest BCUT2D eigenvalue weighted by Gasteiger charge is -2.19. The van der Waals surface area contributed by atoms with Crippen molar-refractivity contribution in [3.05, 3.63) is 88.8 Å². The minimum absolute atomic E-state index is 0.0535. The fourth-order valence-electron chi connectivity index (χ4n) is 3.68. The monoisotopic (exact) mass is 478 g/mol. The number of aliphatic carboxylic acids is 1. The topological polar surface area (TPSA) is 72.8 Å². The van der Waals surface area contributed by atoms with Gasteiger partial charge in [-0.3, -0.25) is 9.59 Å². The number of allylic oxidation sites excluding steroid dienone is 9. The molecule has 0 aliphatic heterocycles. The van der Waals surface area contributed by atoms with E-state index in [4.69, 9.17) is 14.6 Å². The highest BCUT2D eigenvalue weighted by Crippen LogP contribution is 2.24. The molecule has 0 fully saturated rings. The molecule has 188 valence electrons. The molecule has 0 saturated carbocycles. The zero-order valence-electron chi connectivity index (χ0n) is 21.4. The number of Topliss-reactive ketones (excluding diaryl/α,β-unsaturated/α-hetero) is 1. The molecule has 0 amide bonds. The molecule has 1 aromatic rings. The Morgan fingerprint density at radius 1 is 1.17 bits per heavy atom. The zero-order chi connectivity index (χ0) is 25.6. The van der Waals surface area contributed by atoms with E-state index in [2.05, 4.69) is 0 Å². The number of ether oxygens (including phenoxy) is 2. The molecule has 1 aliphatic carbocycles. The summed E-state index contributed by atoms with van der Waals surface area (Å²) in [6.07, 6.45) is 16.7. The van der Waals surface area contributed by atoms with Gasteiger partial charge in [0.05, 0.1) is 18.3 Å². The Hall–Kier alpha value is -3.34. The summed E-state index contributed by atoms with van der Waals surface area (Å²) in [6, 6.07) is 5.78. The van der Waals surface area contributed by atoms with Crippen molar-refractivity contribution in [3.63, 3.8) is 0 Å². The van der Waals surface area contributed by atoms with E-state index in [1.54, 1.807) is 0 Å². The third-order valence-corrected chi connectivity index (χ3v) is 5.73. The van der Waals surface area contributed by atoms with E-state index >= 15 is 0 Å². The minimum Gasteiger partial charge on any atom is -0.494 e. The number of hydrogen-bond acceptors (Lipinski definition) is 4. The van der Waals surface area contributed by atoms with Gasteiger partial charge in [0, 0.05) is 12.8 Å². The molecule has 0 aromatic heterocycles. The van der Waals surface area contributed by atoms with Gasteiger partial charge in [-0.05, 0) is 82.7 Å². The van der Waals surface area contributed by atoms with E-state index in [1.165, 1.54) is 5.57 Å². The zero-order valence-corrected chi connectivity index (χ0v) is 21.4. The molecular formula is C30H38O5. The average Bonchev–Trinajstić information content (AvgIpc) is 3.00. The summed E-state index contributed by atoms with van der Waals surface area (Å²) >= 11 is 0. The van der Waals surface area contributed by atoms with Crippen molar-refractivity contribution in [2.45, 2.75) is 72.3 Å². The van der Waals surface area contributed by atoms with Crippen LogP contribution in [0.1, 0.15) is 64.0 Å². The van der Waals surface area contributed by atoms with E-state index in [0.29, 0.717) is 30.8 Å². The first kappa shape index (κ1) is 27.9. The van der Waals surface area contributed by atoms with Crippen molar-refractivity contribution in [1.82, 2.24) is 0 Å². The molecule has 0 saturated heterocycles. The van der Waals surface area contributed by atoms with Gasteiger partial charge >= 0.3 is 5.97 Å². The van der Waals surface area contributed by atoms with Gasteiger partial charge in [-0.1, -0.05) is 48.1 Å². The molecule has 5 heteroatoms. The summed E-state index contributed by atoms with van der Waals surface area (Å²) in [6.45, 7) is 8.52. The van der Waals surface area contributed by atoms with Crippen LogP contribution in [0.3, 0.4) is 0 Å². The largest absolute Gasteiger partial charge is 0.494 e. The van der Waals surface area contributed by atoms with Gasteiger partial charge in [0.15, 0.2) is 5.78 Å². The van der Waals surface area contributed by atoms with Crippen LogP contribution in [0.25, 0.3) is 0 Å². The number of carboxylic acids is 1. The second-order valence-electron chi connectivity index (χ2n) is 8.85. The maximum atomic E-state index is 12.8. The van der Waals surface area contributed by atoms with Gasteiger partial charge in [-0.15, -0.1) is 0 Å². The van der Waals surface area contributed by atoms with E-state index < -0.39 is 5.97 Å². The van der Waals surface area contributed by atoms with Crippen LogP contribution in [-0.4, -0.2) is 29.6 Å². The van der Waals surface area contributed by atoms with Crippen molar-refractivity contribution >= 4 is 11.8 Å². The standard InChI is InChI=1S/C30H38O5/c1-5-6-7-8-11-28(31)27-17-12-22(2)13-18-29(27)35-24(4)10-9-20-34-26-16-14-25(23(3)21-26)15-19-30(32)33/h5-8,13-14,16-18,21,24H,9-12,15,19-20H2,1-4H3,(H,32,33)/b6-5-,8-7-. The maximum Gasteiger partial charge on any atom is 0.303 e. The summed E-state index contributed by atoms with van der Waals surface area (Å²) in [7, 11) is 0. The SMILES string of the molecule is C/C=C\C=C/CC(=O)C1=CCC(C)=CC=C1OC(C)CCCOc1ccc(CCC(=O)O)c(C)c1. The van der Waals surface area contributed by atoms with Crippen molar-refractivity contribution in [3.8, 4) is 5.75 Å². The van der Waals surface area contributed by atoms with Crippen LogP contribution >= 0.6 is 0 Å². The molecule has 5 nitrogen and oxygen atoms in total. The van der Waals surface area contributed by atoms with Crippen LogP contribution in [0.5, 0.6) is 5.75 Å². The second kappa shape index (κ2) is 14.8. The van der Waals surface area contributed by atoms with Gasteiger partial charge in [-0.2, -0.15) is 0 Å². The van der Waals surface area contributed by atoms with Gasteiger partial charge < -0.3 is 14.6 Å². The summed E-state index contributed by atoms with van der Waals surface area (Å²) in [5.74, 6) is 0.675. The van der Waals surface area contributed by atoms with E-state index in [-0.39, 0.29) is 18.3 Å². The van der Waals surface area contributed by atoms with Crippen LogP contribution in [0.2, 0.25) is 0 Å². The lowest BCUT2D eigenvalue weighted by atomic mass is 10.0. The highest BCUT2D eigenvalue weighted by atomic mass is 16.5. The molecule has 0 heterocycles. The van der Waals surface area contributed by atoms with Crippen molar-refractivity contribution < 1.29 is 24.2 Å². The number of rotatable bonds is 14. The Morgan fingerprint density at radius 3 is 2.69 bits per heavy atom. The fourth-order valence-corrected chi connectivity index (χ4v) is 3.68. The molecule has 1 unspecified atom stereocenters. The molecule has 1 aliphatic rings. The van der Waals surface area contributed by atoms with Crippen LogP contribution in [0, 0.1) is 6.92 Å². The number of hydrogen-bond donors (Lipinski definition) is 1. The third kappa shape index (κ3) is 10.2. The number of carbonyl (C=O) groups excluding carboxylic acids is 1. The summed E-state index contributed by atoms with van der Waals surface area (Å²) < 4.78 is 12.1. The van der Waals surface area contributed by atoms with Crippen molar-refractivity contribution in [2.75, 3.05) is 6.61 Å². The van der Waals surface area contributed by atoms with Crippen LogP contribution < -0.4 is 4.74 Å². The Kier molecular flexibility index (Phi) is 11.8. The molecule has 2 rings (SSSR count). The number of ketones is 1. The van der Waals surface area contributed by atoms with Gasteiger partial charge in [0.2, 0.25) is 0 Å². The quantitative estimate of drug-likeness (QED) is 0.234. The smallest absolute Gasteiger partial charge is 0.303 e. The number of benzene rings is 1. The molecule has 1 N–H and O–H groups in total. The molecule has 1 atom stereocenters. The van der Waals surface area contributed by atoms with Crippen LogP contribution in [-0.2, 0) is 20.7 Å².